The smallest absolute Gasteiger partial charge is 0.191 e. The quantitative estimate of drug-likeness (QED) is 0.231. The third-order valence-electron chi connectivity index (χ3n) is 4.78. The molecule has 3 N–H and O–H groups in total. The van der Waals surface area contributed by atoms with Crippen molar-refractivity contribution in [3.8, 4) is 0 Å². The second-order valence-electron chi connectivity index (χ2n) is 7.03. The van der Waals surface area contributed by atoms with Gasteiger partial charge in [-0.25, -0.2) is 0 Å². The standard InChI is InChI=1S/C17H34N4OS.HI/c1-3-18-16(20-13-17(22)7-12-23-14-17)19-8-4-9-21-10-5-15(2)6-11-21;/h15,22H,3-14H2,1-2H3,(H2,18,19,20);1H. The molecule has 0 aromatic heterocycles. The molecule has 2 saturated heterocycles. The van der Waals surface area contributed by atoms with Gasteiger partial charge >= 0.3 is 0 Å². The average Bonchev–Trinajstić information content (AvgIpc) is 2.98. The van der Waals surface area contributed by atoms with E-state index in [0.29, 0.717) is 6.54 Å². The van der Waals surface area contributed by atoms with Gasteiger partial charge < -0.3 is 20.6 Å². The van der Waals surface area contributed by atoms with Crippen molar-refractivity contribution >= 4 is 41.7 Å². The van der Waals surface area contributed by atoms with E-state index >= 15 is 0 Å². The van der Waals surface area contributed by atoms with Crippen molar-refractivity contribution in [1.29, 1.82) is 0 Å². The number of hydrogen-bond acceptors (Lipinski definition) is 4. The molecule has 0 radical (unpaired) electrons. The molecule has 0 aromatic carbocycles. The summed E-state index contributed by atoms with van der Waals surface area (Å²) in [4.78, 5) is 7.15. The lowest BCUT2D eigenvalue weighted by molar-refractivity contribution is 0.0778. The van der Waals surface area contributed by atoms with Crippen LogP contribution in [0.2, 0.25) is 0 Å². The van der Waals surface area contributed by atoms with E-state index < -0.39 is 5.60 Å². The summed E-state index contributed by atoms with van der Waals surface area (Å²) < 4.78 is 0. The summed E-state index contributed by atoms with van der Waals surface area (Å²) in [5.41, 5.74) is -0.600. The number of nitrogens with one attached hydrogen (secondary N) is 2. The van der Waals surface area contributed by atoms with Gasteiger partial charge in [-0.2, -0.15) is 11.8 Å². The zero-order valence-electron chi connectivity index (χ0n) is 15.2. The zero-order valence-corrected chi connectivity index (χ0v) is 18.4. The Morgan fingerprint density at radius 2 is 2.08 bits per heavy atom. The number of guanidine groups is 1. The summed E-state index contributed by atoms with van der Waals surface area (Å²) >= 11 is 1.82. The van der Waals surface area contributed by atoms with Crippen LogP contribution in [0.15, 0.2) is 4.99 Å². The van der Waals surface area contributed by atoms with Gasteiger partial charge in [0.2, 0.25) is 0 Å². The lowest BCUT2D eigenvalue weighted by Crippen LogP contribution is -2.41. The highest BCUT2D eigenvalue weighted by Gasteiger charge is 2.31. The molecule has 1 unspecified atom stereocenters. The number of thioether (sulfide) groups is 1. The fourth-order valence-corrected chi connectivity index (χ4v) is 4.37. The lowest BCUT2D eigenvalue weighted by Gasteiger charge is -2.30. The minimum absolute atomic E-state index is 0. The van der Waals surface area contributed by atoms with E-state index in [1.807, 2.05) is 11.8 Å². The Balaban J connectivity index is 0.00000288. The summed E-state index contributed by atoms with van der Waals surface area (Å²) in [6.07, 6.45) is 4.68. The topological polar surface area (TPSA) is 59.9 Å². The minimum atomic E-state index is -0.600. The molecule has 0 aromatic rings. The van der Waals surface area contributed by atoms with Gasteiger partial charge in [0.15, 0.2) is 5.96 Å². The highest BCUT2D eigenvalue weighted by molar-refractivity contribution is 14.0. The number of halogens is 1. The highest BCUT2D eigenvalue weighted by atomic mass is 127. The van der Waals surface area contributed by atoms with Crippen LogP contribution in [-0.2, 0) is 0 Å². The normalized spacial score (nSPS) is 26.2. The zero-order chi connectivity index (χ0) is 16.5. The van der Waals surface area contributed by atoms with Crippen LogP contribution in [0.5, 0.6) is 0 Å². The summed E-state index contributed by atoms with van der Waals surface area (Å²) in [5, 5.41) is 17.1. The Morgan fingerprint density at radius 1 is 1.33 bits per heavy atom. The van der Waals surface area contributed by atoms with Crippen molar-refractivity contribution in [1.82, 2.24) is 15.5 Å². The van der Waals surface area contributed by atoms with Gasteiger partial charge in [-0.1, -0.05) is 6.92 Å². The van der Waals surface area contributed by atoms with Crippen LogP contribution in [0.25, 0.3) is 0 Å². The molecule has 2 aliphatic heterocycles. The van der Waals surface area contributed by atoms with Crippen LogP contribution >= 0.6 is 35.7 Å². The maximum atomic E-state index is 10.4. The molecule has 0 saturated carbocycles. The molecule has 0 bridgehead atoms. The third-order valence-corrected chi connectivity index (χ3v) is 6.01. The molecule has 0 amide bonds. The van der Waals surface area contributed by atoms with Crippen molar-refractivity contribution in [2.45, 2.75) is 45.1 Å². The number of hydrogen-bond donors (Lipinski definition) is 3. The first kappa shape index (κ1) is 22.3. The predicted molar refractivity (Wildman–Crippen MR) is 116 cm³/mol. The van der Waals surface area contributed by atoms with Crippen LogP contribution in [0, 0.1) is 5.92 Å². The summed E-state index contributed by atoms with van der Waals surface area (Å²) in [6, 6.07) is 0. The average molecular weight is 470 g/mol. The number of aliphatic hydroxyl groups is 1. The second kappa shape index (κ2) is 11.8. The van der Waals surface area contributed by atoms with E-state index in [-0.39, 0.29) is 24.0 Å². The molecule has 5 nitrogen and oxygen atoms in total. The van der Waals surface area contributed by atoms with Gasteiger partial charge in [0, 0.05) is 18.8 Å². The first-order valence-electron chi connectivity index (χ1n) is 9.16. The van der Waals surface area contributed by atoms with Gasteiger partial charge in [-0.3, -0.25) is 4.99 Å². The largest absolute Gasteiger partial charge is 0.387 e. The molecule has 0 spiro atoms. The van der Waals surface area contributed by atoms with Gasteiger partial charge in [0.05, 0.1) is 12.1 Å². The van der Waals surface area contributed by atoms with Gasteiger partial charge in [-0.15, -0.1) is 24.0 Å². The van der Waals surface area contributed by atoms with E-state index in [9.17, 15) is 5.11 Å². The number of piperidine rings is 1. The molecule has 2 aliphatic rings. The molecule has 142 valence electrons. The van der Waals surface area contributed by atoms with Crippen LogP contribution in [0.4, 0.5) is 0 Å². The fraction of sp³-hybridized carbons (Fsp3) is 0.941. The van der Waals surface area contributed by atoms with Crippen molar-refractivity contribution in [3.05, 3.63) is 0 Å². The SMILES string of the molecule is CCNC(=NCC1(O)CCSC1)NCCCN1CCC(C)CC1.I. The molecular weight excluding hydrogens is 435 g/mol. The molecule has 24 heavy (non-hydrogen) atoms. The highest BCUT2D eigenvalue weighted by Crippen LogP contribution is 2.27. The van der Waals surface area contributed by atoms with E-state index in [1.165, 1.54) is 32.5 Å². The summed E-state index contributed by atoms with van der Waals surface area (Å²) in [5.74, 6) is 3.59. The van der Waals surface area contributed by atoms with Crippen LogP contribution < -0.4 is 10.6 Å². The van der Waals surface area contributed by atoms with E-state index in [2.05, 4.69) is 34.4 Å². The van der Waals surface area contributed by atoms with E-state index in [0.717, 1.165) is 49.3 Å². The molecule has 2 rings (SSSR count). The van der Waals surface area contributed by atoms with Crippen molar-refractivity contribution in [2.75, 3.05) is 50.8 Å². The van der Waals surface area contributed by atoms with Gasteiger partial charge in [0.1, 0.15) is 0 Å². The number of rotatable bonds is 7. The molecule has 2 heterocycles. The predicted octanol–water partition coefficient (Wildman–Crippen LogP) is 2.15. The Kier molecular flexibility index (Phi) is 11.0. The molecule has 0 aliphatic carbocycles. The van der Waals surface area contributed by atoms with Crippen molar-refractivity contribution in [3.63, 3.8) is 0 Å². The Morgan fingerprint density at radius 3 is 2.71 bits per heavy atom. The number of likely N-dealkylation sites (tertiary alicyclic amines) is 1. The molecule has 2 fully saturated rings. The Bertz CT molecular complexity index is 370. The van der Waals surface area contributed by atoms with Crippen LogP contribution in [-0.4, -0.2) is 72.3 Å². The van der Waals surface area contributed by atoms with E-state index in [4.69, 9.17) is 0 Å². The number of aliphatic imine (C=N–C) groups is 1. The first-order valence-corrected chi connectivity index (χ1v) is 10.3. The lowest BCUT2D eigenvalue weighted by atomic mass is 9.99. The Labute approximate surface area is 168 Å². The summed E-state index contributed by atoms with van der Waals surface area (Å²) in [6.45, 7) is 10.4. The summed E-state index contributed by atoms with van der Waals surface area (Å²) in [7, 11) is 0. The maximum absolute atomic E-state index is 10.4. The van der Waals surface area contributed by atoms with Gasteiger partial charge in [0.25, 0.3) is 0 Å². The van der Waals surface area contributed by atoms with Gasteiger partial charge in [-0.05, 0) is 63.9 Å². The van der Waals surface area contributed by atoms with Crippen LogP contribution in [0.1, 0.15) is 39.5 Å². The maximum Gasteiger partial charge on any atom is 0.191 e. The monoisotopic (exact) mass is 470 g/mol. The second-order valence-corrected chi connectivity index (χ2v) is 8.13. The van der Waals surface area contributed by atoms with Crippen molar-refractivity contribution < 1.29 is 5.11 Å². The number of nitrogens with zero attached hydrogens (tertiary/aromatic N) is 2. The minimum Gasteiger partial charge on any atom is -0.387 e. The molecule has 1 atom stereocenters. The molecular formula is C17H35IN4OS. The van der Waals surface area contributed by atoms with Crippen LogP contribution in [0.3, 0.4) is 0 Å². The molecule has 7 heteroatoms. The van der Waals surface area contributed by atoms with Crippen molar-refractivity contribution in [2.24, 2.45) is 10.9 Å². The third kappa shape index (κ3) is 8.10. The Hall–Kier alpha value is 0.270. The first-order chi connectivity index (χ1) is 11.1. The van der Waals surface area contributed by atoms with E-state index in [1.54, 1.807) is 0 Å². The fourth-order valence-electron chi connectivity index (χ4n) is 3.08.